The van der Waals surface area contributed by atoms with Crippen molar-refractivity contribution in [3.05, 3.63) is 63.3 Å². The number of nitrogens with zero attached hydrogens (tertiary/aromatic N) is 4. The number of carbonyl (C=O) groups excluding carboxylic acids is 1. The average Bonchev–Trinajstić information content (AvgIpc) is 3.30. The lowest BCUT2D eigenvalue weighted by Crippen LogP contribution is -2.64. The summed E-state index contributed by atoms with van der Waals surface area (Å²) >= 11 is 0. The van der Waals surface area contributed by atoms with E-state index in [0.29, 0.717) is 17.8 Å². The minimum absolute atomic E-state index is 0.0534. The van der Waals surface area contributed by atoms with Crippen molar-refractivity contribution in [1.29, 1.82) is 0 Å². The van der Waals surface area contributed by atoms with Crippen LogP contribution >= 0.6 is 0 Å². The third-order valence-electron chi connectivity index (χ3n) is 7.59. The van der Waals surface area contributed by atoms with Crippen LogP contribution in [0.2, 0.25) is 0 Å². The van der Waals surface area contributed by atoms with Gasteiger partial charge >= 0.3 is 0 Å². The van der Waals surface area contributed by atoms with Crippen molar-refractivity contribution in [2.45, 2.75) is 50.7 Å². The molecule has 2 N–H and O–H groups in total. The predicted molar refractivity (Wildman–Crippen MR) is 127 cm³/mol. The largest absolute Gasteiger partial charge is 0.364 e. The molecule has 8 nitrogen and oxygen atoms in total. The molecule has 0 spiro atoms. The van der Waals surface area contributed by atoms with Crippen LogP contribution in [0.5, 0.6) is 0 Å². The van der Waals surface area contributed by atoms with Gasteiger partial charge in [0.1, 0.15) is 5.69 Å². The maximum atomic E-state index is 12.5. The Kier molecular flexibility index (Phi) is 4.90. The average molecular weight is 445 g/mol. The summed E-state index contributed by atoms with van der Waals surface area (Å²) in [6.07, 6.45) is 9.00. The first-order chi connectivity index (χ1) is 16.1. The van der Waals surface area contributed by atoms with Gasteiger partial charge in [-0.15, -0.1) is 0 Å². The minimum Gasteiger partial charge on any atom is -0.364 e. The van der Waals surface area contributed by atoms with E-state index >= 15 is 0 Å². The number of H-pyrrole nitrogens is 1. The molecular formula is C25H28N6O2. The monoisotopic (exact) mass is 444 g/mol. The molecule has 33 heavy (non-hydrogen) atoms. The van der Waals surface area contributed by atoms with Crippen molar-refractivity contribution in [2.75, 3.05) is 25.0 Å². The number of hydrogen-bond acceptors (Lipinski definition) is 6. The molecule has 0 bridgehead atoms. The quantitative estimate of drug-likeness (QED) is 0.640. The van der Waals surface area contributed by atoms with Crippen LogP contribution in [0.4, 0.5) is 5.69 Å². The molecule has 2 aliphatic carbocycles. The highest BCUT2D eigenvalue weighted by atomic mass is 16.1. The molecule has 6 rings (SSSR count). The first-order valence-electron chi connectivity index (χ1n) is 11.8. The van der Waals surface area contributed by atoms with E-state index in [9.17, 15) is 9.59 Å². The second-order valence-electron chi connectivity index (χ2n) is 9.36. The Labute approximate surface area is 192 Å². The fourth-order valence-electron chi connectivity index (χ4n) is 5.78. The lowest BCUT2D eigenvalue weighted by Gasteiger charge is -2.54. The Morgan fingerprint density at radius 2 is 1.97 bits per heavy atom. The fourth-order valence-corrected chi connectivity index (χ4v) is 5.78. The Hall–Kier alpha value is -3.26. The van der Waals surface area contributed by atoms with Crippen molar-refractivity contribution < 1.29 is 4.79 Å². The molecule has 1 saturated heterocycles. The van der Waals surface area contributed by atoms with E-state index in [0.717, 1.165) is 78.7 Å². The van der Waals surface area contributed by atoms with Gasteiger partial charge in [0.2, 0.25) is 0 Å². The van der Waals surface area contributed by atoms with E-state index in [-0.39, 0.29) is 11.5 Å². The van der Waals surface area contributed by atoms with Gasteiger partial charge in [-0.3, -0.25) is 19.5 Å². The number of aromatic amines is 1. The van der Waals surface area contributed by atoms with Crippen LogP contribution in [0.15, 0.2) is 35.4 Å². The standard InChI is InChI=1S/C25H28N6O2/c1-26-25(33)19-6-5-16(13-27-19)31-10-9-30(21-7-8-22(21)31)14-15-11-20-23(28-12-15)17-3-2-4-18(17)24(32)29-20/h5-6,11-13,21-22H,2-4,7-10,14H2,1H3,(H,26,33)(H,29,32)/t21-,22+/m1/s1. The van der Waals surface area contributed by atoms with E-state index in [1.807, 2.05) is 18.5 Å². The van der Waals surface area contributed by atoms with Gasteiger partial charge in [0.15, 0.2) is 0 Å². The van der Waals surface area contributed by atoms with Crippen LogP contribution in [0.1, 0.15) is 46.4 Å². The number of anilines is 1. The Balaban J connectivity index is 1.19. The number of piperazine rings is 1. The van der Waals surface area contributed by atoms with Gasteiger partial charge in [0, 0.05) is 50.5 Å². The van der Waals surface area contributed by atoms with Gasteiger partial charge in [-0.05, 0) is 61.4 Å². The summed E-state index contributed by atoms with van der Waals surface area (Å²) in [6.45, 7) is 2.72. The molecule has 1 aliphatic heterocycles. The Bertz CT molecular complexity index is 1280. The van der Waals surface area contributed by atoms with Crippen molar-refractivity contribution in [3.63, 3.8) is 0 Å². The number of nitrogens with one attached hydrogen (secondary N) is 2. The number of pyridine rings is 3. The summed E-state index contributed by atoms with van der Waals surface area (Å²) in [5.74, 6) is -0.164. The highest BCUT2D eigenvalue weighted by molar-refractivity contribution is 5.92. The van der Waals surface area contributed by atoms with Gasteiger partial charge < -0.3 is 15.2 Å². The van der Waals surface area contributed by atoms with Crippen molar-refractivity contribution in [3.8, 4) is 0 Å². The van der Waals surface area contributed by atoms with Gasteiger partial charge in [0.05, 0.1) is 22.9 Å². The lowest BCUT2D eigenvalue weighted by molar-refractivity contribution is 0.0658. The zero-order valence-corrected chi connectivity index (χ0v) is 18.8. The zero-order valence-electron chi connectivity index (χ0n) is 18.8. The van der Waals surface area contributed by atoms with Crippen LogP contribution in [0.25, 0.3) is 11.0 Å². The molecule has 3 aromatic heterocycles. The highest BCUT2D eigenvalue weighted by Crippen LogP contribution is 2.37. The molecule has 2 fully saturated rings. The van der Waals surface area contributed by atoms with Crippen LogP contribution in [-0.2, 0) is 19.4 Å². The molecule has 3 aromatic rings. The highest BCUT2D eigenvalue weighted by Gasteiger charge is 2.43. The fraction of sp³-hybridized carbons (Fsp3) is 0.440. The smallest absolute Gasteiger partial charge is 0.269 e. The second kappa shape index (κ2) is 7.95. The molecule has 1 saturated carbocycles. The molecule has 170 valence electrons. The van der Waals surface area contributed by atoms with Gasteiger partial charge in [-0.2, -0.15) is 0 Å². The number of hydrogen-bond donors (Lipinski definition) is 2. The molecule has 2 atom stereocenters. The summed E-state index contributed by atoms with van der Waals surface area (Å²) in [4.78, 5) is 41.4. The van der Waals surface area contributed by atoms with Gasteiger partial charge in [0.25, 0.3) is 11.5 Å². The predicted octanol–water partition coefficient (Wildman–Crippen LogP) is 2.02. The van der Waals surface area contributed by atoms with Crippen LogP contribution in [-0.4, -0.2) is 58.0 Å². The topological polar surface area (TPSA) is 94.2 Å². The number of amides is 1. The minimum atomic E-state index is -0.164. The molecule has 0 radical (unpaired) electrons. The van der Waals surface area contributed by atoms with Crippen LogP contribution in [0, 0.1) is 0 Å². The van der Waals surface area contributed by atoms with Crippen LogP contribution in [0.3, 0.4) is 0 Å². The van der Waals surface area contributed by atoms with E-state index in [4.69, 9.17) is 4.98 Å². The summed E-state index contributed by atoms with van der Waals surface area (Å²) < 4.78 is 0. The Morgan fingerprint density at radius 1 is 1.12 bits per heavy atom. The first-order valence-corrected chi connectivity index (χ1v) is 11.8. The number of aryl methyl sites for hydroxylation is 1. The van der Waals surface area contributed by atoms with E-state index in [2.05, 4.69) is 31.2 Å². The molecular weight excluding hydrogens is 416 g/mol. The number of rotatable bonds is 4. The van der Waals surface area contributed by atoms with E-state index in [1.54, 1.807) is 13.1 Å². The summed E-state index contributed by atoms with van der Waals surface area (Å²) in [6, 6.07) is 6.87. The van der Waals surface area contributed by atoms with Gasteiger partial charge in [-0.1, -0.05) is 0 Å². The third-order valence-corrected chi connectivity index (χ3v) is 7.59. The van der Waals surface area contributed by atoms with Crippen LogP contribution < -0.4 is 15.8 Å². The molecule has 8 heteroatoms. The SMILES string of the molecule is CNC(=O)c1ccc(N2CCN(Cc3cnc4c5c(c(=O)[nH]c4c3)CCC5)[C@@H]3CC[C@@H]32)cn1. The third kappa shape index (κ3) is 3.40. The maximum absolute atomic E-state index is 12.5. The molecule has 0 unspecified atom stereocenters. The summed E-state index contributed by atoms with van der Waals surface area (Å²) in [5.41, 5.74) is 6.62. The number of aromatic nitrogens is 3. The number of fused-ring (bicyclic) bond motifs is 4. The van der Waals surface area contributed by atoms with Crippen molar-refractivity contribution in [2.24, 2.45) is 0 Å². The maximum Gasteiger partial charge on any atom is 0.269 e. The summed E-state index contributed by atoms with van der Waals surface area (Å²) in [5, 5.41) is 2.62. The molecule has 0 aromatic carbocycles. The van der Waals surface area contributed by atoms with E-state index in [1.165, 1.54) is 6.42 Å². The van der Waals surface area contributed by atoms with Crippen molar-refractivity contribution >= 4 is 22.6 Å². The molecule has 3 aliphatic rings. The number of carbonyl (C=O) groups is 1. The zero-order chi connectivity index (χ0) is 22.5. The normalized spacial score (nSPS) is 22.0. The Morgan fingerprint density at radius 3 is 2.73 bits per heavy atom. The second-order valence-corrected chi connectivity index (χ2v) is 9.36. The lowest BCUT2D eigenvalue weighted by atomic mass is 9.81. The molecule has 1 amide bonds. The summed E-state index contributed by atoms with van der Waals surface area (Å²) in [7, 11) is 1.62. The van der Waals surface area contributed by atoms with Crippen molar-refractivity contribution in [1.82, 2.24) is 25.2 Å². The first kappa shape index (κ1) is 20.4. The van der Waals surface area contributed by atoms with Gasteiger partial charge in [-0.25, -0.2) is 4.98 Å². The molecule has 4 heterocycles. The van der Waals surface area contributed by atoms with E-state index < -0.39 is 0 Å².